The SMILES string of the molecule is CNC(=O)C(C)(C)CNCC(=O)N(C)C(C)C. The largest absolute Gasteiger partial charge is 0.359 e. The van der Waals surface area contributed by atoms with Gasteiger partial charge in [0.2, 0.25) is 11.8 Å². The molecule has 0 atom stereocenters. The van der Waals surface area contributed by atoms with Gasteiger partial charge in [-0.25, -0.2) is 0 Å². The van der Waals surface area contributed by atoms with Crippen LogP contribution in [0.25, 0.3) is 0 Å². The molecule has 0 heterocycles. The summed E-state index contributed by atoms with van der Waals surface area (Å²) in [5.41, 5.74) is -0.508. The summed E-state index contributed by atoms with van der Waals surface area (Å²) in [6.07, 6.45) is 0. The van der Waals surface area contributed by atoms with E-state index in [0.29, 0.717) is 6.54 Å². The fraction of sp³-hybridized carbons (Fsp3) is 0.833. The maximum absolute atomic E-state index is 11.7. The molecule has 2 N–H and O–H groups in total. The van der Waals surface area contributed by atoms with Crippen molar-refractivity contribution < 1.29 is 9.59 Å². The molecular weight excluding hydrogens is 218 g/mol. The molecule has 0 aliphatic rings. The molecule has 2 amide bonds. The van der Waals surface area contributed by atoms with Gasteiger partial charge in [-0.15, -0.1) is 0 Å². The first-order valence-electron chi connectivity index (χ1n) is 5.91. The zero-order chi connectivity index (χ0) is 13.6. The lowest BCUT2D eigenvalue weighted by atomic mass is 9.92. The van der Waals surface area contributed by atoms with Crippen molar-refractivity contribution in [3.8, 4) is 0 Å². The Kier molecular flexibility index (Phi) is 6.16. The Morgan fingerprint density at radius 3 is 2.24 bits per heavy atom. The van der Waals surface area contributed by atoms with Crippen LogP contribution in [0.1, 0.15) is 27.7 Å². The van der Waals surface area contributed by atoms with Crippen LogP contribution in [0.15, 0.2) is 0 Å². The van der Waals surface area contributed by atoms with Crippen molar-refractivity contribution in [3.05, 3.63) is 0 Å². The molecule has 0 unspecified atom stereocenters. The van der Waals surface area contributed by atoms with Crippen molar-refractivity contribution >= 4 is 11.8 Å². The number of hydrogen-bond donors (Lipinski definition) is 2. The van der Waals surface area contributed by atoms with Gasteiger partial charge in [0.1, 0.15) is 0 Å². The minimum Gasteiger partial charge on any atom is -0.359 e. The second kappa shape index (κ2) is 6.59. The predicted octanol–water partition coefficient (Wildman–Crippen LogP) is 0.215. The lowest BCUT2D eigenvalue weighted by Gasteiger charge is -2.25. The lowest BCUT2D eigenvalue weighted by molar-refractivity contribution is -0.132. The van der Waals surface area contributed by atoms with E-state index in [-0.39, 0.29) is 24.4 Å². The monoisotopic (exact) mass is 243 g/mol. The molecule has 100 valence electrons. The molecule has 5 nitrogen and oxygen atoms in total. The first-order chi connectivity index (χ1) is 7.72. The Morgan fingerprint density at radius 2 is 1.82 bits per heavy atom. The number of carbonyl (C=O) groups excluding carboxylic acids is 2. The van der Waals surface area contributed by atoms with Crippen molar-refractivity contribution in [2.45, 2.75) is 33.7 Å². The smallest absolute Gasteiger partial charge is 0.236 e. The molecule has 0 bridgehead atoms. The van der Waals surface area contributed by atoms with Gasteiger partial charge in [0.05, 0.1) is 12.0 Å². The molecule has 17 heavy (non-hydrogen) atoms. The Balaban J connectivity index is 4.08. The van der Waals surface area contributed by atoms with E-state index in [1.54, 1.807) is 19.0 Å². The molecule has 0 saturated heterocycles. The van der Waals surface area contributed by atoms with Gasteiger partial charge in [-0.1, -0.05) is 0 Å². The van der Waals surface area contributed by atoms with Gasteiger partial charge < -0.3 is 15.5 Å². The lowest BCUT2D eigenvalue weighted by Crippen LogP contribution is -2.45. The highest BCUT2D eigenvalue weighted by Crippen LogP contribution is 2.12. The van der Waals surface area contributed by atoms with Gasteiger partial charge in [0.25, 0.3) is 0 Å². The fourth-order valence-electron chi connectivity index (χ4n) is 1.31. The Labute approximate surface area is 104 Å². The van der Waals surface area contributed by atoms with Gasteiger partial charge in [0, 0.05) is 26.7 Å². The normalized spacial score (nSPS) is 11.5. The van der Waals surface area contributed by atoms with E-state index in [1.807, 2.05) is 27.7 Å². The average Bonchev–Trinajstić information content (AvgIpc) is 2.26. The standard InChI is InChI=1S/C12H25N3O2/c1-9(2)15(6)10(16)7-14-8-12(3,4)11(17)13-5/h9,14H,7-8H2,1-6H3,(H,13,17). The third-order valence-electron chi connectivity index (χ3n) is 2.85. The third kappa shape index (κ3) is 5.17. The van der Waals surface area contributed by atoms with E-state index >= 15 is 0 Å². The minimum atomic E-state index is -0.508. The Hall–Kier alpha value is -1.10. The summed E-state index contributed by atoms with van der Waals surface area (Å²) >= 11 is 0. The molecule has 0 rings (SSSR count). The van der Waals surface area contributed by atoms with Gasteiger partial charge in [-0.05, 0) is 27.7 Å². The Morgan fingerprint density at radius 1 is 1.29 bits per heavy atom. The van der Waals surface area contributed by atoms with Crippen molar-refractivity contribution in [2.75, 3.05) is 27.2 Å². The predicted molar refractivity (Wildman–Crippen MR) is 68.6 cm³/mol. The molecule has 0 saturated carbocycles. The van der Waals surface area contributed by atoms with Gasteiger partial charge in [0.15, 0.2) is 0 Å². The van der Waals surface area contributed by atoms with Crippen LogP contribution in [-0.4, -0.2) is 49.9 Å². The fourth-order valence-corrected chi connectivity index (χ4v) is 1.31. The van der Waals surface area contributed by atoms with Crippen LogP contribution in [0, 0.1) is 5.41 Å². The molecule has 0 aliphatic carbocycles. The first kappa shape index (κ1) is 15.9. The highest BCUT2D eigenvalue weighted by atomic mass is 16.2. The number of nitrogens with one attached hydrogen (secondary N) is 2. The average molecular weight is 243 g/mol. The Bertz CT molecular complexity index is 275. The van der Waals surface area contributed by atoms with Gasteiger partial charge >= 0.3 is 0 Å². The zero-order valence-electron chi connectivity index (χ0n) is 11.8. The minimum absolute atomic E-state index is 0.0327. The maximum atomic E-state index is 11.7. The van der Waals surface area contributed by atoms with Gasteiger partial charge in [-0.3, -0.25) is 9.59 Å². The van der Waals surface area contributed by atoms with Crippen LogP contribution in [0.2, 0.25) is 0 Å². The summed E-state index contributed by atoms with van der Waals surface area (Å²) in [5, 5.41) is 5.63. The molecule has 0 aromatic carbocycles. The number of likely N-dealkylation sites (N-methyl/N-ethyl adjacent to an activating group) is 1. The van der Waals surface area contributed by atoms with Gasteiger partial charge in [-0.2, -0.15) is 0 Å². The van der Waals surface area contributed by atoms with Crippen LogP contribution >= 0.6 is 0 Å². The summed E-state index contributed by atoms with van der Waals surface area (Å²) < 4.78 is 0. The number of carbonyl (C=O) groups is 2. The van der Waals surface area contributed by atoms with Crippen LogP contribution < -0.4 is 10.6 Å². The molecule has 0 radical (unpaired) electrons. The second-order valence-electron chi connectivity index (χ2n) is 5.16. The number of amides is 2. The summed E-state index contributed by atoms with van der Waals surface area (Å²) in [5.74, 6) is 0.00219. The highest BCUT2D eigenvalue weighted by molar-refractivity contribution is 5.82. The highest BCUT2D eigenvalue weighted by Gasteiger charge is 2.26. The quantitative estimate of drug-likeness (QED) is 0.701. The van der Waals surface area contributed by atoms with Crippen molar-refractivity contribution in [3.63, 3.8) is 0 Å². The second-order valence-corrected chi connectivity index (χ2v) is 5.16. The summed E-state index contributed by atoms with van der Waals surface area (Å²) in [6, 6.07) is 0.191. The first-order valence-corrected chi connectivity index (χ1v) is 5.91. The van der Waals surface area contributed by atoms with E-state index in [9.17, 15) is 9.59 Å². The molecule has 0 spiro atoms. The third-order valence-corrected chi connectivity index (χ3v) is 2.85. The molecule has 0 aromatic rings. The van der Waals surface area contributed by atoms with Crippen molar-refractivity contribution in [1.29, 1.82) is 0 Å². The van der Waals surface area contributed by atoms with Crippen LogP contribution in [-0.2, 0) is 9.59 Å². The number of rotatable bonds is 6. The van der Waals surface area contributed by atoms with Crippen molar-refractivity contribution in [1.82, 2.24) is 15.5 Å². The van der Waals surface area contributed by atoms with E-state index in [0.717, 1.165) is 0 Å². The van der Waals surface area contributed by atoms with Crippen LogP contribution in [0.3, 0.4) is 0 Å². The number of hydrogen-bond acceptors (Lipinski definition) is 3. The van der Waals surface area contributed by atoms with Crippen LogP contribution in [0.4, 0.5) is 0 Å². The summed E-state index contributed by atoms with van der Waals surface area (Å²) in [4.78, 5) is 24.9. The molecule has 0 fully saturated rings. The summed E-state index contributed by atoms with van der Waals surface area (Å²) in [7, 11) is 3.39. The van der Waals surface area contributed by atoms with E-state index in [1.165, 1.54) is 0 Å². The molecule has 0 aliphatic heterocycles. The van der Waals surface area contributed by atoms with E-state index in [4.69, 9.17) is 0 Å². The molecule has 0 aromatic heterocycles. The zero-order valence-corrected chi connectivity index (χ0v) is 11.8. The van der Waals surface area contributed by atoms with Crippen molar-refractivity contribution in [2.24, 2.45) is 5.41 Å². The molecular formula is C12H25N3O2. The topological polar surface area (TPSA) is 61.4 Å². The van der Waals surface area contributed by atoms with E-state index < -0.39 is 5.41 Å². The van der Waals surface area contributed by atoms with E-state index in [2.05, 4.69) is 10.6 Å². The summed E-state index contributed by atoms with van der Waals surface area (Å²) in [6.45, 7) is 8.35. The number of nitrogens with zero attached hydrogens (tertiary/aromatic N) is 1. The molecule has 5 heteroatoms. The maximum Gasteiger partial charge on any atom is 0.236 e. The van der Waals surface area contributed by atoms with Crippen LogP contribution in [0.5, 0.6) is 0 Å².